The average Bonchev–Trinajstić information content (AvgIpc) is 3.06. The van der Waals surface area contributed by atoms with Crippen molar-refractivity contribution in [1.82, 2.24) is 15.6 Å². The molecule has 0 unspecified atom stereocenters. The Morgan fingerprint density at radius 3 is 2.77 bits per heavy atom. The molecule has 0 saturated heterocycles. The summed E-state index contributed by atoms with van der Waals surface area (Å²) < 4.78 is 0. The zero-order chi connectivity index (χ0) is 19.1. The van der Waals surface area contributed by atoms with Crippen molar-refractivity contribution in [3.8, 4) is 0 Å². The molecule has 0 aliphatic heterocycles. The van der Waals surface area contributed by atoms with Gasteiger partial charge in [0.2, 0.25) is 5.91 Å². The lowest BCUT2D eigenvalue weighted by Gasteiger charge is -2.23. The van der Waals surface area contributed by atoms with Gasteiger partial charge in [0.15, 0.2) is 0 Å². The van der Waals surface area contributed by atoms with Crippen LogP contribution >= 0.6 is 11.6 Å². The third-order valence-corrected chi connectivity index (χ3v) is 4.64. The Kier molecular flexibility index (Phi) is 7.35. The lowest BCUT2D eigenvalue weighted by atomic mass is 10.0. The van der Waals surface area contributed by atoms with Gasteiger partial charge in [-0.3, -0.25) is 14.4 Å². The van der Waals surface area contributed by atoms with Crippen LogP contribution in [0.5, 0.6) is 0 Å². The smallest absolute Gasteiger partial charge is 0.308 e. The maximum absolute atomic E-state index is 12.6. The number of hydrogen-bond acceptors (Lipinski definition) is 5. The van der Waals surface area contributed by atoms with Crippen LogP contribution in [-0.4, -0.2) is 46.5 Å². The molecule has 1 fully saturated rings. The van der Waals surface area contributed by atoms with Gasteiger partial charge < -0.3 is 21.5 Å². The molecule has 1 aliphatic carbocycles. The van der Waals surface area contributed by atoms with Gasteiger partial charge in [0, 0.05) is 6.04 Å². The number of aliphatic carboxylic acids is 1. The molecule has 1 aromatic heterocycles. The van der Waals surface area contributed by atoms with Crippen LogP contribution in [0.25, 0.3) is 0 Å². The zero-order valence-electron chi connectivity index (χ0n) is 14.3. The lowest BCUT2D eigenvalue weighted by molar-refractivity contribution is -0.142. The third-order valence-electron chi connectivity index (χ3n) is 4.43. The summed E-state index contributed by atoms with van der Waals surface area (Å²) in [6, 6.07) is 3.39. The molecule has 8 nitrogen and oxygen atoms in total. The van der Waals surface area contributed by atoms with Crippen LogP contribution in [0.2, 0.25) is 5.15 Å². The van der Waals surface area contributed by atoms with E-state index in [0.717, 1.165) is 6.42 Å². The molecule has 5 N–H and O–H groups in total. The van der Waals surface area contributed by atoms with Crippen molar-refractivity contribution in [2.24, 2.45) is 11.7 Å². The van der Waals surface area contributed by atoms with E-state index >= 15 is 0 Å². The monoisotopic (exact) mass is 382 g/mol. The number of nitrogens with one attached hydrogen (secondary N) is 2. The van der Waals surface area contributed by atoms with Crippen LogP contribution in [0.3, 0.4) is 0 Å². The number of pyridine rings is 1. The highest BCUT2D eigenvalue weighted by Crippen LogP contribution is 2.26. The SMILES string of the molecule is NCCC[C@H](NC(=O)c1cccc(Cl)n1)C(=O)N[C@H]1CCC[C@H]1C(=O)O. The Morgan fingerprint density at radius 2 is 2.12 bits per heavy atom. The molecule has 1 saturated carbocycles. The van der Waals surface area contributed by atoms with E-state index in [1.807, 2.05) is 0 Å². The summed E-state index contributed by atoms with van der Waals surface area (Å²) in [5, 5.41) is 14.8. The second-order valence-corrected chi connectivity index (χ2v) is 6.68. The van der Waals surface area contributed by atoms with E-state index in [1.165, 1.54) is 6.07 Å². The summed E-state index contributed by atoms with van der Waals surface area (Å²) in [5.74, 6) is -2.45. The Labute approximate surface area is 156 Å². The predicted molar refractivity (Wildman–Crippen MR) is 95.7 cm³/mol. The first-order valence-electron chi connectivity index (χ1n) is 8.59. The molecular formula is C17H23ClN4O4. The summed E-state index contributed by atoms with van der Waals surface area (Å²) in [6.45, 7) is 0.371. The van der Waals surface area contributed by atoms with E-state index in [0.29, 0.717) is 32.2 Å². The Hall–Kier alpha value is -2.19. The number of carbonyl (C=O) groups is 3. The second-order valence-electron chi connectivity index (χ2n) is 6.29. The minimum atomic E-state index is -0.918. The number of aromatic nitrogens is 1. The molecule has 0 bridgehead atoms. The van der Waals surface area contributed by atoms with Crippen molar-refractivity contribution >= 4 is 29.4 Å². The molecule has 2 amide bonds. The van der Waals surface area contributed by atoms with Crippen LogP contribution in [0.4, 0.5) is 0 Å². The number of carbonyl (C=O) groups excluding carboxylic acids is 2. The maximum atomic E-state index is 12.6. The fourth-order valence-electron chi connectivity index (χ4n) is 3.07. The highest BCUT2D eigenvalue weighted by molar-refractivity contribution is 6.29. The Balaban J connectivity index is 2.04. The quantitative estimate of drug-likeness (QED) is 0.494. The van der Waals surface area contributed by atoms with Gasteiger partial charge in [0.1, 0.15) is 16.9 Å². The molecular weight excluding hydrogens is 360 g/mol. The average molecular weight is 383 g/mol. The van der Waals surface area contributed by atoms with Crippen molar-refractivity contribution in [2.45, 2.75) is 44.2 Å². The summed E-state index contributed by atoms with van der Waals surface area (Å²) >= 11 is 5.79. The molecule has 1 aliphatic rings. The molecule has 1 heterocycles. The van der Waals surface area contributed by atoms with Crippen molar-refractivity contribution in [3.05, 3.63) is 29.0 Å². The van der Waals surface area contributed by atoms with Gasteiger partial charge in [-0.05, 0) is 44.4 Å². The van der Waals surface area contributed by atoms with E-state index in [9.17, 15) is 19.5 Å². The van der Waals surface area contributed by atoms with Crippen LogP contribution in [0.15, 0.2) is 18.2 Å². The standard InChI is InChI=1S/C17H23ClN4O4/c18-14-8-2-6-12(20-14)15(23)22-13(7-3-9-19)16(24)21-11-5-1-4-10(11)17(25)26/h2,6,8,10-11,13H,1,3-5,7,9,19H2,(H,21,24)(H,22,23)(H,25,26)/t10-,11+,13+/m1/s1. The van der Waals surface area contributed by atoms with Gasteiger partial charge in [-0.1, -0.05) is 24.1 Å². The molecule has 0 spiro atoms. The molecule has 2 rings (SSSR count). The number of nitrogens with zero attached hydrogens (tertiary/aromatic N) is 1. The van der Waals surface area contributed by atoms with Gasteiger partial charge >= 0.3 is 5.97 Å². The summed E-state index contributed by atoms with van der Waals surface area (Å²) in [7, 11) is 0. The third kappa shape index (κ3) is 5.40. The van der Waals surface area contributed by atoms with Gasteiger partial charge in [-0.15, -0.1) is 0 Å². The fraction of sp³-hybridized carbons (Fsp3) is 0.529. The number of carboxylic acids is 1. The van der Waals surface area contributed by atoms with Crippen LogP contribution in [0.1, 0.15) is 42.6 Å². The van der Waals surface area contributed by atoms with Crippen LogP contribution in [0, 0.1) is 5.92 Å². The number of carboxylic acid groups (broad SMARTS) is 1. The van der Waals surface area contributed by atoms with E-state index in [2.05, 4.69) is 15.6 Å². The number of nitrogens with two attached hydrogens (primary N) is 1. The molecule has 26 heavy (non-hydrogen) atoms. The predicted octanol–water partition coefficient (Wildman–Crippen LogP) is 0.942. The van der Waals surface area contributed by atoms with Crippen LogP contribution < -0.4 is 16.4 Å². The van der Waals surface area contributed by atoms with E-state index in [-0.39, 0.29) is 10.8 Å². The van der Waals surface area contributed by atoms with Crippen molar-refractivity contribution < 1.29 is 19.5 Å². The molecule has 0 radical (unpaired) electrons. The van der Waals surface area contributed by atoms with Crippen molar-refractivity contribution in [1.29, 1.82) is 0 Å². The second kappa shape index (κ2) is 9.49. The number of amides is 2. The van der Waals surface area contributed by atoms with Crippen LogP contribution in [-0.2, 0) is 9.59 Å². The van der Waals surface area contributed by atoms with Crippen molar-refractivity contribution in [2.75, 3.05) is 6.54 Å². The summed E-state index contributed by atoms with van der Waals surface area (Å²) in [4.78, 5) is 40.1. The highest BCUT2D eigenvalue weighted by atomic mass is 35.5. The first-order chi connectivity index (χ1) is 12.4. The van der Waals surface area contributed by atoms with Gasteiger partial charge in [0.05, 0.1) is 5.92 Å². The Morgan fingerprint density at radius 1 is 1.35 bits per heavy atom. The molecule has 9 heteroatoms. The highest BCUT2D eigenvalue weighted by Gasteiger charge is 2.35. The largest absolute Gasteiger partial charge is 0.481 e. The summed E-state index contributed by atoms with van der Waals surface area (Å²) in [6.07, 6.45) is 2.77. The van der Waals surface area contributed by atoms with E-state index < -0.39 is 35.8 Å². The zero-order valence-corrected chi connectivity index (χ0v) is 15.0. The lowest BCUT2D eigenvalue weighted by Crippen LogP contribution is -2.51. The first-order valence-corrected chi connectivity index (χ1v) is 8.97. The fourth-order valence-corrected chi connectivity index (χ4v) is 3.23. The topological polar surface area (TPSA) is 134 Å². The number of halogens is 1. The van der Waals surface area contributed by atoms with Gasteiger partial charge in [-0.2, -0.15) is 0 Å². The normalized spacial score (nSPS) is 20.4. The molecule has 142 valence electrons. The number of hydrogen-bond donors (Lipinski definition) is 4. The summed E-state index contributed by atoms with van der Waals surface area (Å²) in [5.41, 5.74) is 5.62. The minimum Gasteiger partial charge on any atom is -0.481 e. The first kappa shape index (κ1) is 20.1. The molecule has 0 aromatic carbocycles. The van der Waals surface area contributed by atoms with Gasteiger partial charge in [-0.25, -0.2) is 4.98 Å². The van der Waals surface area contributed by atoms with E-state index in [4.69, 9.17) is 17.3 Å². The molecule has 3 atom stereocenters. The van der Waals surface area contributed by atoms with E-state index in [1.54, 1.807) is 12.1 Å². The number of rotatable bonds is 8. The Bertz CT molecular complexity index is 670. The van der Waals surface area contributed by atoms with Gasteiger partial charge in [0.25, 0.3) is 5.91 Å². The minimum absolute atomic E-state index is 0.104. The van der Waals surface area contributed by atoms with Crippen molar-refractivity contribution in [3.63, 3.8) is 0 Å². The molecule has 1 aromatic rings. The maximum Gasteiger partial charge on any atom is 0.308 e.